The molecule has 1 heterocycles. The summed E-state index contributed by atoms with van der Waals surface area (Å²) in [4.78, 5) is 12.1. The van der Waals surface area contributed by atoms with E-state index >= 15 is 0 Å². The van der Waals surface area contributed by atoms with E-state index in [1.165, 1.54) is 31.0 Å². The van der Waals surface area contributed by atoms with Gasteiger partial charge in [-0.1, -0.05) is 48.5 Å². The molecule has 2 bridgehead atoms. The number of amides is 1. The standard InChI is InChI=1S/C18H21N3O2S/c22-16(19-15-9-13-6-7-14(15)8-13)11-24-18-21-20-17(23-18)10-12-4-2-1-3-5-12/h1-5,13-15H,6-11H2,(H,19,22)/t13-,14+,15-/m0/s1. The van der Waals surface area contributed by atoms with Crippen molar-refractivity contribution >= 4 is 17.7 Å². The zero-order valence-electron chi connectivity index (χ0n) is 13.5. The number of thioether (sulfide) groups is 1. The molecule has 126 valence electrons. The molecule has 2 aliphatic rings. The van der Waals surface area contributed by atoms with Crippen molar-refractivity contribution in [2.75, 3.05) is 5.75 Å². The van der Waals surface area contributed by atoms with E-state index in [1.54, 1.807) is 0 Å². The van der Waals surface area contributed by atoms with Gasteiger partial charge in [-0.3, -0.25) is 4.79 Å². The summed E-state index contributed by atoms with van der Waals surface area (Å²) in [5.41, 5.74) is 1.13. The zero-order valence-corrected chi connectivity index (χ0v) is 14.3. The molecule has 2 fully saturated rings. The summed E-state index contributed by atoms with van der Waals surface area (Å²) in [6, 6.07) is 10.4. The fourth-order valence-electron chi connectivity index (χ4n) is 3.94. The minimum atomic E-state index is 0.0698. The number of carbonyl (C=O) groups is 1. The first-order valence-corrected chi connectivity index (χ1v) is 9.53. The largest absolute Gasteiger partial charge is 0.416 e. The average molecular weight is 343 g/mol. The van der Waals surface area contributed by atoms with E-state index in [0.717, 1.165) is 17.9 Å². The third-order valence-electron chi connectivity index (χ3n) is 5.06. The number of hydrogen-bond donors (Lipinski definition) is 1. The van der Waals surface area contributed by atoms with Crippen molar-refractivity contribution in [3.63, 3.8) is 0 Å². The molecule has 1 N–H and O–H groups in total. The highest BCUT2D eigenvalue weighted by Crippen LogP contribution is 2.44. The lowest BCUT2D eigenvalue weighted by atomic mass is 9.95. The molecule has 2 aromatic rings. The van der Waals surface area contributed by atoms with E-state index in [2.05, 4.69) is 15.5 Å². The zero-order chi connectivity index (χ0) is 16.4. The normalized spacial score (nSPS) is 25.1. The number of benzene rings is 1. The van der Waals surface area contributed by atoms with Gasteiger partial charge in [0.25, 0.3) is 5.22 Å². The maximum absolute atomic E-state index is 12.1. The minimum absolute atomic E-state index is 0.0698. The molecule has 2 aliphatic carbocycles. The molecule has 6 heteroatoms. The van der Waals surface area contributed by atoms with Crippen LogP contribution in [-0.2, 0) is 11.2 Å². The predicted octanol–water partition coefficient (Wildman–Crippen LogP) is 3.06. The van der Waals surface area contributed by atoms with Crippen LogP contribution in [0.5, 0.6) is 0 Å². The van der Waals surface area contributed by atoms with E-state index in [0.29, 0.717) is 35.2 Å². The lowest BCUT2D eigenvalue weighted by molar-refractivity contribution is -0.119. The van der Waals surface area contributed by atoms with Crippen molar-refractivity contribution < 1.29 is 9.21 Å². The molecular weight excluding hydrogens is 322 g/mol. The first-order valence-electron chi connectivity index (χ1n) is 8.55. The fraction of sp³-hybridized carbons (Fsp3) is 0.500. The highest BCUT2D eigenvalue weighted by atomic mass is 32.2. The first-order chi connectivity index (χ1) is 11.8. The molecule has 0 unspecified atom stereocenters. The minimum Gasteiger partial charge on any atom is -0.416 e. The van der Waals surface area contributed by atoms with E-state index in [9.17, 15) is 4.79 Å². The molecule has 1 amide bonds. The summed E-state index contributed by atoms with van der Waals surface area (Å²) >= 11 is 1.31. The van der Waals surface area contributed by atoms with E-state index < -0.39 is 0 Å². The Morgan fingerprint density at radius 3 is 2.83 bits per heavy atom. The summed E-state index contributed by atoms with van der Waals surface area (Å²) < 4.78 is 5.62. The van der Waals surface area contributed by atoms with Gasteiger partial charge in [0.15, 0.2) is 0 Å². The summed E-state index contributed by atoms with van der Waals surface area (Å²) in [5.74, 6) is 2.52. The molecule has 1 aromatic carbocycles. The van der Waals surface area contributed by atoms with Gasteiger partial charge < -0.3 is 9.73 Å². The van der Waals surface area contributed by atoms with Gasteiger partial charge in [0.1, 0.15) is 0 Å². The van der Waals surface area contributed by atoms with Crippen molar-refractivity contribution in [2.45, 2.75) is 43.4 Å². The first kappa shape index (κ1) is 15.7. The average Bonchev–Trinajstić information content (AvgIpc) is 3.31. The SMILES string of the molecule is O=C(CSc1nnc(Cc2ccccc2)o1)N[C@H]1C[C@H]2CC[C@@H]1C2. The number of aromatic nitrogens is 2. The Kier molecular flexibility index (Phi) is 4.56. The summed E-state index contributed by atoms with van der Waals surface area (Å²) in [6.45, 7) is 0. The van der Waals surface area contributed by atoms with Crippen molar-refractivity contribution in [3.05, 3.63) is 41.8 Å². The fourth-order valence-corrected chi connectivity index (χ4v) is 4.53. The number of hydrogen-bond acceptors (Lipinski definition) is 5. The molecule has 3 atom stereocenters. The molecule has 0 radical (unpaired) electrons. The lowest BCUT2D eigenvalue weighted by Crippen LogP contribution is -2.39. The van der Waals surface area contributed by atoms with Crippen LogP contribution in [0, 0.1) is 11.8 Å². The van der Waals surface area contributed by atoms with Gasteiger partial charge in [-0.2, -0.15) is 0 Å². The van der Waals surface area contributed by atoms with Gasteiger partial charge >= 0.3 is 0 Å². The summed E-state index contributed by atoms with van der Waals surface area (Å²) in [5, 5.41) is 11.7. The maximum Gasteiger partial charge on any atom is 0.277 e. The summed E-state index contributed by atoms with van der Waals surface area (Å²) in [7, 11) is 0. The molecule has 5 nitrogen and oxygen atoms in total. The molecule has 2 saturated carbocycles. The molecule has 0 saturated heterocycles. The Bertz CT molecular complexity index is 703. The quantitative estimate of drug-likeness (QED) is 0.817. The van der Waals surface area contributed by atoms with Crippen LogP contribution in [0.4, 0.5) is 0 Å². The van der Waals surface area contributed by atoms with E-state index in [1.807, 2.05) is 30.3 Å². The van der Waals surface area contributed by atoms with Crippen LogP contribution >= 0.6 is 11.8 Å². The third kappa shape index (κ3) is 3.64. The number of fused-ring (bicyclic) bond motifs is 2. The monoisotopic (exact) mass is 343 g/mol. The van der Waals surface area contributed by atoms with Crippen molar-refractivity contribution in [1.29, 1.82) is 0 Å². The Morgan fingerprint density at radius 1 is 1.21 bits per heavy atom. The Morgan fingerprint density at radius 2 is 2.08 bits per heavy atom. The van der Waals surface area contributed by atoms with Crippen LogP contribution in [-0.4, -0.2) is 27.9 Å². The topological polar surface area (TPSA) is 68.0 Å². The van der Waals surface area contributed by atoms with Crippen LogP contribution in [0.15, 0.2) is 40.0 Å². The number of nitrogens with zero attached hydrogens (tertiary/aromatic N) is 2. The Balaban J connectivity index is 1.25. The number of nitrogens with one attached hydrogen (secondary N) is 1. The summed E-state index contributed by atoms with van der Waals surface area (Å²) in [6.07, 6.45) is 5.69. The second-order valence-corrected chi connectivity index (χ2v) is 7.69. The van der Waals surface area contributed by atoms with Crippen LogP contribution in [0.25, 0.3) is 0 Å². The molecule has 24 heavy (non-hydrogen) atoms. The molecular formula is C18H21N3O2S. The smallest absolute Gasteiger partial charge is 0.277 e. The van der Waals surface area contributed by atoms with E-state index in [4.69, 9.17) is 4.42 Å². The molecule has 1 aromatic heterocycles. The van der Waals surface area contributed by atoms with Gasteiger partial charge in [-0.05, 0) is 36.7 Å². The van der Waals surface area contributed by atoms with Gasteiger partial charge in [-0.15, -0.1) is 10.2 Å². The number of carbonyl (C=O) groups excluding carboxylic acids is 1. The third-order valence-corrected chi connectivity index (χ3v) is 5.88. The van der Waals surface area contributed by atoms with Crippen LogP contribution in [0.1, 0.15) is 37.1 Å². The van der Waals surface area contributed by atoms with Crippen molar-refractivity contribution in [2.24, 2.45) is 11.8 Å². The Hall–Kier alpha value is -1.82. The van der Waals surface area contributed by atoms with Crippen LogP contribution in [0.3, 0.4) is 0 Å². The van der Waals surface area contributed by atoms with Crippen LogP contribution < -0.4 is 5.32 Å². The second-order valence-electron chi connectivity index (χ2n) is 6.76. The van der Waals surface area contributed by atoms with E-state index in [-0.39, 0.29) is 5.91 Å². The highest BCUT2D eigenvalue weighted by Gasteiger charge is 2.40. The van der Waals surface area contributed by atoms with Crippen LogP contribution in [0.2, 0.25) is 0 Å². The highest BCUT2D eigenvalue weighted by molar-refractivity contribution is 7.99. The molecule has 4 rings (SSSR count). The second kappa shape index (κ2) is 6.97. The molecule has 0 spiro atoms. The Labute approximate surface area is 145 Å². The lowest BCUT2D eigenvalue weighted by Gasteiger charge is -2.22. The van der Waals surface area contributed by atoms with Gasteiger partial charge in [0, 0.05) is 6.04 Å². The van der Waals surface area contributed by atoms with Gasteiger partial charge in [0.2, 0.25) is 11.8 Å². The number of rotatable bonds is 6. The maximum atomic E-state index is 12.1. The van der Waals surface area contributed by atoms with Gasteiger partial charge in [0.05, 0.1) is 12.2 Å². The van der Waals surface area contributed by atoms with Crippen molar-refractivity contribution in [1.82, 2.24) is 15.5 Å². The van der Waals surface area contributed by atoms with Gasteiger partial charge in [-0.25, -0.2) is 0 Å². The molecule has 0 aliphatic heterocycles. The predicted molar refractivity (Wildman–Crippen MR) is 91.6 cm³/mol. The van der Waals surface area contributed by atoms with Crippen molar-refractivity contribution in [3.8, 4) is 0 Å².